The molecule has 0 bridgehead atoms. The third-order valence-electron chi connectivity index (χ3n) is 3.82. The topological polar surface area (TPSA) is 63.5 Å². The van der Waals surface area contributed by atoms with Crippen LogP contribution in [0.15, 0.2) is 34.8 Å². The number of imidazole rings is 1. The number of rotatable bonds is 3. The van der Waals surface area contributed by atoms with E-state index in [-0.39, 0.29) is 10.2 Å². The summed E-state index contributed by atoms with van der Waals surface area (Å²) in [6, 6.07) is 5.71. The summed E-state index contributed by atoms with van der Waals surface area (Å²) < 4.78 is 29.7. The molecule has 8 heteroatoms. The minimum absolute atomic E-state index is 0.00748. The van der Waals surface area contributed by atoms with Crippen LogP contribution >= 0.6 is 22.9 Å². The van der Waals surface area contributed by atoms with Crippen molar-refractivity contribution in [1.82, 2.24) is 9.38 Å². The van der Waals surface area contributed by atoms with Gasteiger partial charge in [-0.05, 0) is 36.5 Å². The van der Waals surface area contributed by atoms with Gasteiger partial charge in [0, 0.05) is 11.6 Å². The van der Waals surface area contributed by atoms with Crippen molar-refractivity contribution in [2.75, 3.05) is 4.72 Å². The molecule has 0 amide bonds. The molecular formula is C14H12ClN3O2S2. The quantitative estimate of drug-likeness (QED) is 0.785. The summed E-state index contributed by atoms with van der Waals surface area (Å²) in [5.74, 6) is 0. The van der Waals surface area contributed by atoms with E-state index in [9.17, 15) is 8.42 Å². The van der Waals surface area contributed by atoms with Crippen molar-refractivity contribution < 1.29 is 8.42 Å². The number of benzene rings is 1. The van der Waals surface area contributed by atoms with E-state index in [1.807, 2.05) is 12.1 Å². The molecule has 0 saturated carbocycles. The minimum atomic E-state index is -3.79. The normalized spacial score (nSPS) is 14.4. The number of fused-ring (bicyclic) bond motifs is 2. The van der Waals surface area contributed by atoms with Crippen LogP contribution in [0.25, 0.3) is 4.96 Å². The third-order valence-corrected chi connectivity index (χ3v) is 6.34. The number of sulfonamides is 1. The third kappa shape index (κ3) is 2.12. The fourth-order valence-corrected chi connectivity index (χ4v) is 5.44. The van der Waals surface area contributed by atoms with Gasteiger partial charge in [-0.1, -0.05) is 23.7 Å². The molecule has 0 aliphatic heterocycles. The highest BCUT2D eigenvalue weighted by molar-refractivity contribution is 7.92. The Bertz CT molecular complexity index is 975. The lowest BCUT2D eigenvalue weighted by Crippen LogP contribution is -2.16. The van der Waals surface area contributed by atoms with Crippen LogP contribution in [0.1, 0.15) is 17.5 Å². The molecule has 22 heavy (non-hydrogen) atoms. The Morgan fingerprint density at radius 3 is 3.05 bits per heavy atom. The second kappa shape index (κ2) is 4.97. The molecular weight excluding hydrogens is 342 g/mol. The number of aryl methyl sites for hydroxylation is 1. The van der Waals surface area contributed by atoms with Gasteiger partial charge in [0.1, 0.15) is 0 Å². The monoisotopic (exact) mass is 353 g/mol. The molecule has 0 atom stereocenters. The molecule has 0 spiro atoms. The fraction of sp³-hybridized carbons (Fsp3) is 0.214. The van der Waals surface area contributed by atoms with Gasteiger partial charge in [0.15, 0.2) is 15.1 Å². The molecule has 2 heterocycles. The first kappa shape index (κ1) is 14.0. The molecule has 114 valence electrons. The molecule has 1 N–H and O–H groups in total. The SMILES string of the molecule is O=S(=O)(Nc1cccc2c1CCC2)c1c(Cl)nc2sccn12. The first-order valence-corrected chi connectivity index (χ1v) is 9.55. The lowest BCUT2D eigenvalue weighted by Gasteiger charge is -2.11. The zero-order valence-corrected chi connectivity index (χ0v) is 13.8. The van der Waals surface area contributed by atoms with Crippen LogP contribution in [0.2, 0.25) is 5.15 Å². The molecule has 0 unspecified atom stereocenters. The number of aromatic nitrogens is 2. The van der Waals surface area contributed by atoms with Gasteiger partial charge in [0.25, 0.3) is 10.0 Å². The second-order valence-electron chi connectivity index (χ2n) is 5.17. The number of halogens is 1. The Labute approximate surface area is 136 Å². The summed E-state index contributed by atoms with van der Waals surface area (Å²) in [7, 11) is -3.79. The van der Waals surface area contributed by atoms with Crippen LogP contribution in [0, 0.1) is 0 Å². The maximum absolute atomic E-state index is 12.7. The largest absolute Gasteiger partial charge is 0.281 e. The highest BCUT2D eigenvalue weighted by atomic mass is 35.5. The van der Waals surface area contributed by atoms with E-state index in [4.69, 9.17) is 11.6 Å². The standard InChI is InChI=1S/C14H12ClN3O2S2/c15-12-13(18-7-8-21-14(18)16-12)22(19,20)17-11-6-2-4-9-3-1-5-10(9)11/h2,4,6-8,17H,1,3,5H2. The Morgan fingerprint density at radius 2 is 2.18 bits per heavy atom. The van der Waals surface area contributed by atoms with Crippen LogP contribution in [-0.2, 0) is 22.9 Å². The van der Waals surface area contributed by atoms with Crippen LogP contribution in [-0.4, -0.2) is 17.8 Å². The average molecular weight is 354 g/mol. The van der Waals surface area contributed by atoms with Gasteiger partial charge in [0.05, 0.1) is 5.69 Å². The van der Waals surface area contributed by atoms with E-state index in [2.05, 4.69) is 9.71 Å². The van der Waals surface area contributed by atoms with Crippen LogP contribution in [0.4, 0.5) is 5.69 Å². The highest BCUT2D eigenvalue weighted by Gasteiger charge is 2.26. The van der Waals surface area contributed by atoms with Crippen molar-refractivity contribution in [2.24, 2.45) is 0 Å². The lowest BCUT2D eigenvalue weighted by molar-refractivity contribution is 0.596. The molecule has 3 aromatic rings. The Morgan fingerprint density at radius 1 is 1.32 bits per heavy atom. The van der Waals surface area contributed by atoms with Crippen molar-refractivity contribution in [3.05, 3.63) is 46.1 Å². The van der Waals surface area contributed by atoms with Crippen LogP contribution in [0.5, 0.6) is 0 Å². The van der Waals surface area contributed by atoms with E-state index in [0.717, 1.165) is 24.8 Å². The predicted octanol–water partition coefficient (Wildman–Crippen LogP) is 3.34. The van der Waals surface area contributed by atoms with Gasteiger partial charge >= 0.3 is 0 Å². The molecule has 0 saturated heterocycles. The Balaban J connectivity index is 1.81. The van der Waals surface area contributed by atoms with Gasteiger partial charge in [-0.15, -0.1) is 11.3 Å². The van der Waals surface area contributed by atoms with Gasteiger partial charge in [-0.2, -0.15) is 8.42 Å². The summed E-state index contributed by atoms with van der Waals surface area (Å²) in [6.07, 6.45) is 4.59. The minimum Gasteiger partial charge on any atom is -0.278 e. The summed E-state index contributed by atoms with van der Waals surface area (Å²) in [5, 5.41) is 1.76. The fourth-order valence-electron chi connectivity index (χ4n) is 2.89. The first-order chi connectivity index (χ1) is 10.6. The average Bonchev–Trinajstić information content (AvgIpc) is 3.12. The number of hydrogen-bond donors (Lipinski definition) is 1. The van der Waals surface area contributed by atoms with Gasteiger partial charge in [0.2, 0.25) is 0 Å². The summed E-state index contributed by atoms with van der Waals surface area (Å²) in [5.41, 5.74) is 2.92. The molecule has 0 radical (unpaired) electrons. The molecule has 0 fully saturated rings. The van der Waals surface area contributed by atoms with Gasteiger partial charge in [-0.3, -0.25) is 9.12 Å². The maximum atomic E-state index is 12.7. The Kier molecular flexibility index (Phi) is 3.18. The zero-order valence-electron chi connectivity index (χ0n) is 11.4. The summed E-state index contributed by atoms with van der Waals surface area (Å²) in [6.45, 7) is 0. The van der Waals surface area contributed by atoms with Crippen molar-refractivity contribution in [2.45, 2.75) is 24.3 Å². The lowest BCUT2D eigenvalue weighted by atomic mass is 10.1. The predicted molar refractivity (Wildman–Crippen MR) is 87.4 cm³/mol. The first-order valence-electron chi connectivity index (χ1n) is 6.81. The number of nitrogens with zero attached hydrogens (tertiary/aromatic N) is 2. The van der Waals surface area contributed by atoms with E-state index in [0.29, 0.717) is 10.6 Å². The molecule has 4 rings (SSSR count). The van der Waals surface area contributed by atoms with Crippen molar-refractivity contribution >= 4 is 43.6 Å². The second-order valence-corrected chi connectivity index (χ2v) is 7.99. The highest BCUT2D eigenvalue weighted by Crippen LogP contribution is 2.32. The molecule has 2 aromatic heterocycles. The van der Waals surface area contributed by atoms with Crippen LogP contribution in [0.3, 0.4) is 0 Å². The Hall–Kier alpha value is -1.57. The van der Waals surface area contributed by atoms with Crippen molar-refractivity contribution in [1.29, 1.82) is 0 Å². The van der Waals surface area contributed by atoms with E-state index < -0.39 is 10.0 Å². The number of thiazole rings is 1. The molecule has 1 aromatic carbocycles. The smallest absolute Gasteiger partial charge is 0.278 e. The number of hydrogen-bond acceptors (Lipinski definition) is 4. The van der Waals surface area contributed by atoms with E-state index in [1.165, 1.54) is 21.3 Å². The van der Waals surface area contributed by atoms with E-state index >= 15 is 0 Å². The summed E-state index contributed by atoms with van der Waals surface area (Å²) in [4.78, 5) is 4.64. The van der Waals surface area contributed by atoms with Gasteiger partial charge < -0.3 is 0 Å². The summed E-state index contributed by atoms with van der Waals surface area (Å²) >= 11 is 7.37. The maximum Gasteiger partial charge on any atom is 0.281 e. The van der Waals surface area contributed by atoms with Gasteiger partial charge in [-0.25, -0.2) is 4.98 Å². The number of anilines is 1. The van der Waals surface area contributed by atoms with E-state index in [1.54, 1.807) is 17.6 Å². The molecule has 1 aliphatic rings. The molecule has 5 nitrogen and oxygen atoms in total. The van der Waals surface area contributed by atoms with Crippen molar-refractivity contribution in [3.8, 4) is 0 Å². The van der Waals surface area contributed by atoms with Crippen molar-refractivity contribution in [3.63, 3.8) is 0 Å². The van der Waals surface area contributed by atoms with Crippen LogP contribution < -0.4 is 4.72 Å². The molecule has 1 aliphatic carbocycles. The zero-order chi connectivity index (χ0) is 15.3. The number of nitrogens with one attached hydrogen (secondary N) is 1.